The third kappa shape index (κ3) is 4.52. The van der Waals surface area contributed by atoms with Gasteiger partial charge in [0.05, 0.1) is 0 Å². The summed E-state index contributed by atoms with van der Waals surface area (Å²) in [5.74, 6) is 2.53. The molecule has 152 valence electrons. The summed E-state index contributed by atoms with van der Waals surface area (Å²) in [4.78, 5) is 13.0. The molecule has 0 aliphatic carbocycles. The van der Waals surface area contributed by atoms with Gasteiger partial charge in [0.2, 0.25) is 11.8 Å². The second-order valence-corrected chi connectivity index (χ2v) is 7.48. The minimum absolute atomic E-state index is 0.361. The van der Waals surface area contributed by atoms with E-state index < -0.39 is 0 Å². The van der Waals surface area contributed by atoms with E-state index in [1.54, 1.807) is 6.07 Å². The second-order valence-electron chi connectivity index (χ2n) is 6.70. The van der Waals surface area contributed by atoms with Gasteiger partial charge in [-0.05, 0) is 49.4 Å². The summed E-state index contributed by atoms with van der Waals surface area (Å²) in [7, 11) is 0. The van der Waals surface area contributed by atoms with Crippen molar-refractivity contribution in [3.05, 3.63) is 59.7 Å². The van der Waals surface area contributed by atoms with Crippen LogP contribution in [0.1, 0.15) is 11.1 Å². The number of rotatable bonds is 6. The molecular formula is C21H21N7OS. The van der Waals surface area contributed by atoms with E-state index in [0.29, 0.717) is 34.4 Å². The molecule has 0 saturated heterocycles. The standard InChI is InChI=1S/C21H21N7OS/c1-12-5-4-6-15(9-12)23-20-26-19(27-28-20)14-8-7-13(2)16(10-14)29-18-11-17(22)24-21(25-18)30-3/h4-11H,1-3H3,(H2,22,24,25)(H2,23,26,27,28). The third-order valence-electron chi connectivity index (χ3n) is 4.32. The fourth-order valence-corrected chi connectivity index (χ4v) is 3.21. The number of anilines is 3. The molecule has 30 heavy (non-hydrogen) atoms. The van der Waals surface area contributed by atoms with Crippen molar-refractivity contribution in [2.24, 2.45) is 0 Å². The lowest BCUT2D eigenvalue weighted by atomic mass is 10.1. The number of nitrogens with zero attached hydrogens (tertiary/aromatic N) is 4. The van der Waals surface area contributed by atoms with Crippen LogP contribution >= 0.6 is 11.8 Å². The minimum Gasteiger partial charge on any atom is -0.439 e. The summed E-state index contributed by atoms with van der Waals surface area (Å²) in [6.07, 6.45) is 1.89. The van der Waals surface area contributed by atoms with E-state index in [2.05, 4.69) is 30.5 Å². The van der Waals surface area contributed by atoms with E-state index in [1.807, 2.05) is 62.6 Å². The predicted octanol–water partition coefficient (Wildman–Crippen LogP) is 4.72. The highest BCUT2D eigenvalue weighted by atomic mass is 32.2. The Morgan fingerprint density at radius 1 is 1.03 bits per heavy atom. The van der Waals surface area contributed by atoms with E-state index in [4.69, 9.17) is 10.5 Å². The first kappa shape index (κ1) is 19.7. The number of benzene rings is 2. The van der Waals surface area contributed by atoms with E-state index in [9.17, 15) is 0 Å². The molecule has 0 aliphatic rings. The second kappa shape index (κ2) is 8.42. The number of aromatic amines is 1. The van der Waals surface area contributed by atoms with Crippen LogP contribution in [0.2, 0.25) is 0 Å². The van der Waals surface area contributed by atoms with Crippen LogP contribution < -0.4 is 15.8 Å². The quantitative estimate of drug-likeness (QED) is 0.304. The maximum atomic E-state index is 5.99. The number of aromatic nitrogens is 5. The lowest BCUT2D eigenvalue weighted by molar-refractivity contribution is 0.453. The first-order valence-electron chi connectivity index (χ1n) is 9.23. The molecule has 9 heteroatoms. The number of nitrogens with one attached hydrogen (secondary N) is 2. The number of hydrogen-bond acceptors (Lipinski definition) is 8. The Hall–Kier alpha value is -3.59. The number of hydrogen-bond donors (Lipinski definition) is 3. The Morgan fingerprint density at radius 3 is 2.70 bits per heavy atom. The van der Waals surface area contributed by atoms with Crippen molar-refractivity contribution in [2.75, 3.05) is 17.3 Å². The van der Waals surface area contributed by atoms with Gasteiger partial charge < -0.3 is 15.8 Å². The summed E-state index contributed by atoms with van der Waals surface area (Å²) < 4.78 is 5.99. The molecule has 0 spiro atoms. The number of nitrogen functional groups attached to an aromatic ring is 1. The highest BCUT2D eigenvalue weighted by Crippen LogP contribution is 2.30. The summed E-state index contributed by atoms with van der Waals surface area (Å²) in [6.45, 7) is 4.00. The summed E-state index contributed by atoms with van der Waals surface area (Å²) in [5, 5.41) is 11.0. The Balaban J connectivity index is 1.58. The first-order valence-corrected chi connectivity index (χ1v) is 10.5. The van der Waals surface area contributed by atoms with Gasteiger partial charge in [-0.25, -0.2) is 4.98 Å². The van der Waals surface area contributed by atoms with Crippen LogP contribution in [0.3, 0.4) is 0 Å². The van der Waals surface area contributed by atoms with Crippen LogP contribution in [0, 0.1) is 13.8 Å². The molecule has 0 radical (unpaired) electrons. The lowest BCUT2D eigenvalue weighted by Crippen LogP contribution is -1.98. The highest BCUT2D eigenvalue weighted by molar-refractivity contribution is 7.98. The van der Waals surface area contributed by atoms with Gasteiger partial charge >= 0.3 is 0 Å². The molecule has 0 fully saturated rings. The van der Waals surface area contributed by atoms with Crippen molar-refractivity contribution in [3.8, 4) is 23.0 Å². The highest BCUT2D eigenvalue weighted by Gasteiger charge is 2.11. The van der Waals surface area contributed by atoms with Crippen molar-refractivity contribution in [1.82, 2.24) is 25.1 Å². The molecule has 0 unspecified atom stereocenters. The van der Waals surface area contributed by atoms with Crippen LogP contribution in [0.4, 0.5) is 17.5 Å². The van der Waals surface area contributed by atoms with Gasteiger partial charge in [0.15, 0.2) is 11.0 Å². The molecule has 0 bridgehead atoms. The molecule has 4 rings (SSSR count). The number of thioether (sulfide) groups is 1. The van der Waals surface area contributed by atoms with Gasteiger partial charge in [-0.1, -0.05) is 36.0 Å². The van der Waals surface area contributed by atoms with Crippen LogP contribution in [-0.4, -0.2) is 31.4 Å². The number of H-pyrrole nitrogens is 1. The minimum atomic E-state index is 0.361. The van der Waals surface area contributed by atoms with Crippen molar-refractivity contribution in [1.29, 1.82) is 0 Å². The molecule has 2 aromatic carbocycles. The Labute approximate surface area is 178 Å². The Bertz CT molecular complexity index is 1190. The first-order chi connectivity index (χ1) is 14.5. The fourth-order valence-electron chi connectivity index (χ4n) is 2.83. The summed E-state index contributed by atoms with van der Waals surface area (Å²) in [6, 6.07) is 15.4. The average molecular weight is 420 g/mol. The molecule has 2 aromatic heterocycles. The molecule has 0 aliphatic heterocycles. The van der Waals surface area contributed by atoms with E-state index in [-0.39, 0.29) is 0 Å². The number of nitrogens with two attached hydrogens (primary N) is 1. The van der Waals surface area contributed by atoms with Crippen LogP contribution in [0.5, 0.6) is 11.6 Å². The molecule has 0 amide bonds. The molecule has 4 aromatic rings. The predicted molar refractivity (Wildman–Crippen MR) is 119 cm³/mol. The van der Waals surface area contributed by atoms with E-state index in [0.717, 1.165) is 22.4 Å². The number of ether oxygens (including phenoxy) is 1. The largest absolute Gasteiger partial charge is 0.439 e. The van der Waals surface area contributed by atoms with Gasteiger partial charge in [0.25, 0.3) is 0 Å². The van der Waals surface area contributed by atoms with Crippen LogP contribution in [-0.2, 0) is 0 Å². The summed E-state index contributed by atoms with van der Waals surface area (Å²) >= 11 is 1.40. The topological polar surface area (TPSA) is 115 Å². The van der Waals surface area contributed by atoms with Gasteiger partial charge in [-0.15, -0.1) is 5.10 Å². The molecule has 0 atom stereocenters. The van der Waals surface area contributed by atoms with Gasteiger partial charge in [0.1, 0.15) is 11.6 Å². The van der Waals surface area contributed by atoms with Gasteiger partial charge in [-0.3, -0.25) is 5.10 Å². The van der Waals surface area contributed by atoms with Gasteiger partial charge in [0, 0.05) is 17.3 Å². The Morgan fingerprint density at radius 2 is 1.90 bits per heavy atom. The Kier molecular flexibility index (Phi) is 5.53. The van der Waals surface area contributed by atoms with Crippen molar-refractivity contribution in [2.45, 2.75) is 19.0 Å². The zero-order valence-electron chi connectivity index (χ0n) is 16.8. The fraction of sp³-hybridized carbons (Fsp3) is 0.143. The maximum absolute atomic E-state index is 5.99. The SMILES string of the molecule is CSc1nc(N)cc(Oc2cc(-c3nc(Nc4cccc(C)c4)n[nH]3)ccc2C)n1. The third-order valence-corrected chi connectivity index (χ3v) is 4.87. The van der Waals surface area contributed by atoms with Crippen molar-refractivity contribution >= 4 is 29.2 Å². The average Bonchev–Trinajstić information content (AvgIpc) is 3.17. The number of aryl methyl sites for hydroxylation is 2. The maximum Gasteiger partial charge on any atom is 0.246 e. The van der Waals surface area contributed by atoms with Crippen molar-refractivity contribution in [3.63, 3.8) is 0 Å². The van der Waals surface area contributed by atoms with Crippen molar-refractivity contribution < 1.29 is 4.74 Å². The van der Waals surface area contributed by atoms with Crippen LogP contribution in [0.25, 0.3) is 11.4 Å². The van der Waals surface area contributed by atoms with E-state index >= 15 is 0 Å². The molecule has 8 nitrogen and oxygen atoms in total. The normalized spacial score (nSPS) is 10.8. The van der Waals surface area contributed by atoms with E-state index in [1.165, 1.54) is 11.8 Å². The molecule has 4 N–H and O–H groups in total. The van der Waals surface area contributed by atoms with Gasteiger partial charge in [-0.2, -0.15) is 9.97 Å². The monoisotopic (exact) mass is 419 g/mol. The molecule has 0 saturated carbocycles. The lowest BCUT2D eigenvalue weighted by Gasteiger charge is -2.10. The smallest absolute Gasteiger partial charge is 0.246 e. The summed E-state index contributed by atoms with van der Waals surface area (Å²) in [5.41, 5.74) is 9.73. The zero-order valence-corrected chi connectivity index (χ0v) is 17.6. The molecule has 2 heterocycles. The zero-order chi connectivity index (χ0) is 21.1. The van der Waals surface area contributed by atoms with Crippen LogP contribution in [0.15, 0.2) is 53.7 Å². The molecular weight excluding hydrogens is 398 g/mol.